The first-order chi connectivity index (χ1) is 15.2. The maximum Gasteiger partial charge on any atom is 0.499 e. The summed E-state index contributed by atoms with van der Waals surface area (Å²) in [6, 6.07) is 5.70. The second-order valence-electron chi connectivity index (χ2n) is 10.0. The highest BCUT2D eigenvalue weighted by atomic mass is 19.4. The van der Waals surface area contributed by atoms with Crippen LogP contribution in [0.5, 0.6) is 5.75 Å². The molecule has 2 saturated carbocycles. The van der Waals surface area contributed by atoms with Gasteiger partial charge in [-0.2, -0.15) is 22.0 Å². The first-order valence-electron chi connectivity index (χ1n) is 12.4. The summed E-state index contributed by atoms with van der Waals surface area (Å²) in [7, 11) is 0. The highest BCUT2D eigenvalue weighted by molar-refractivity contribution is 5.30. The Hall–Kier alpha value is -1.33. The van der Waals surface area contributed by atoms with Crippen molar-refractivity contribution >= 4 is 0 Å². The summed E-state index contributed by atoms with van der Waals surface area (Å²) in [5.74, 6) is 2.50. The molecule has 0 heterocycles. The topological polar surface area (TPSA) is 9.23 Å². The maximum absolute atomic E-state index is 13.0. The Morgan fingerprint density at radius 3 is 1.66 bits per heavy atom. The first-order valence-corrected chi connectivity index (χ1v) is 12.4. The number of ether oxygens (including phenoxy) is 1. The lowest BCUT2D eigenvalue weighted by molar-refractivity contribution is -0.360. The van der Waals surface area contributed by atoms with Crippen LogP contribution in [0.3, 0.4) is 0 Å². The van der Waals surface area contributed by atoms with Gasteiger partial charge in [-0.25, -0.2) is 0 Å². The molecule has 0 amide bonds. The van der Waals surface area contributed by atoms with E-state index in [4.69, 9.17) is 0 Å². The van der Waals surface area contributed by atoms with Gasteiger partial charge in [0.2, 0.25) is 0 Å². The molecule has 0 aliphatic heterocycles. The zero-order valence-corrected chi connectivity index (χ0v) is 19.1. The van der Waals surface area contributed by atoms with E-state index in [0.717, 1.165) is 36.2 Å². The summed E-state index contributed by atoms with van der Waals surface area (Å²) in [4.78, 5) is 0. The summed E-state index contributed by atoms with van der Waals surface area (Å²) in [6.07, 6.45) is 5.86. The van der Waals surface area contributed by atoms with E-state index in [1.807, 2.05) is 0 Å². The lowest BCUT2D eigenvalue weighted by Crippen LogP contribution is -2.41. The highest BCUT2D eigenvalue weighted by Crippen LogP contribution is 2.41. The van der Waals surface area contributed by atoms with Gasteiger partial charge in [0.05, 0.1) is 0 Å². The lowest BCUT2D eigenvalue weighted by atomic mass is 9.74. The van der Waals surface area contributed by atoms with Gasteiger partial charge in [-0.15, -0.1) is 0 Å². The molecule has 0 spiro atoms. The van der Waals surface area contributed by atoms with Crippen molar-refractivity contribution in [2.45, 2.75) is 109 Å². The molecule has 3 rings (SSSR count). The molecule has 0 aromatic heterocycles. The second kappa shape index (κ2) is 11.2. The van der Waals surface area contributed by atoms with Gasteiger partial charge < -0.3 is 4.74 Å². The molecule has 2 fully saturated rings. The molecule has 6 heteroatoms. The molecule has 1 nitrogen and oxygen atoms in total. The van der Waals surface area contributed by atoms with Crippen molar-refractivity contribution in [1.82, 2.24) is 0 Å². The number of hydrogen-bond acceptors (Lipinski definition) is 1. The Morgan fingerprint density at radius 2 is 1.19 bits per heavy atom. The largest absolute Gasteiger partial charge is 0.499 e. The molecule has 2 aliphatic rings. The second-order valence-corrected chi connectivity index (χ2v) is 10.0. The third-order valence-electron chi connectivity index (χ3n) is 7.69. The molecule has 0 N–H and O–H groups in total. The molecule has 0 unspecified atom stereocenters. The quantitative estimate of drug-likeness (QED) is 0.334. The smallest absolute Gasteiger partial charge is 0.426 e. The maximum atomic E-state index is 13.0. The Morgan fingerprint density at radius 1 is 0.719 bits per heavy atom. The van der Waals surface area contributed by atoms with Crippen molar-refractivity contribution in [3.8, 4) is 5.75 Å². The Labute approximate surface area is 189 Å². The number of hydrogen-bond donors (Lipinski definition) is 0. The zero-order chi connectivity index (χ0) is 23.2. The zero-order valence-electron chi connectivity index (χ0n) is 19.1. The van der Waals surface area contributed by atoms with Crippen LogP contribution < -0.4 is 4.74 Å². The molecule has 2 aliphatic carbocycles. The van der Waals surface area contributed by atoms with Crippen LogP contribution in [0.15, 0.2) is 24.3 Å². The number of alkyl halides is 5. The molecule has 0 saturated heterocycles. The van der Waals surface area contributed by atoms with E-state index in [-0.39, 0.29) is 0 Å². The van der Waals surface area contributed by atoms with E-state index in [0.29, 0.717) is 5.92 Å². The Bertz CT molecular complexity index is 668. The van der Waals surface area contributed by atoms with Crippen LogP contribution in [0.25, 0.3) is 0 Å². The SMILES string of the molecule is CCCCC1CCC(CCC2CCC(c3ccc(OC(F)(F)C(F)(F)F)cc3)CC2)CC1. The Kier molecular flexibility index (Phi) is 8.85. The van der Waals surface area contributed by atoms with Crippen LogP contribution in [0.1, 0.15) is 102 Å². The van der Waals surface area contributed by atoms with Crippen LogP contribution >= 0.6 is 0 Å². The lowest BCUT2D eigenvalue weighted by Gasteiger charge is -2.32. The van der Waals surface area contributed by atoms with E-state index in [2.05, 4.69) is 11.7 Å². The normalized spacial score (nSPS) is 27.3. The van der Waals surface area contributed by atoms with Crippen molar-refractivity contribution in [2.24, 2.45) is 17.8 Å². The van der Waals surface area contributed by atoms with Crippen LogP contribution in [-0.2, 0) is 0 Å². The molecule has 1 aromatic carbocycles. The number of benzene rings is 1. The van der Waals surface area contributed by atoms with Gasteiger partial charge in [0.1, 0.15) is 5.75 Å². The Balaban J connectivity index is 1.38. The van der Waals surface area contributed by atoms with Crippen LogP contribution in [0.4, 0.5) is 22.0 Å². The average Bonchev–Trinajstić information content (AvgIpc) is 2.77. The minimum absolute atomic E-state index is 0.345. The standard InChI is InChI=1S/C26H37F5O/c1-2-3-4-19-5-7-20(8-6-19)9-10-21-11-13-22(14-12-21)23-15-17-24(18-16-23)32-26(30,31)25(27,28)29/h15-22H,2-14H2,1H3. The van der Waals surface area contributed by atoms with E-state index < -0.39 is 18.0 Å². The molecular weight excluding hydrogens is 423 g/mol. The molecule has 0 radical (unpaired) electrons. The minimum Gasteiger partial charge on any atom is -0.426 e. The first kappa shape index (κ1) is 25.3. The molecule has 1 aromatic rings. The monoisotopic (exact) mass is 460 g/mol. The summed E-state index contributed by atoms with van der Waals surface area (Å²) in [5, 5.41) is 0. The van der Waals surface area contributed by atoms with Crippen molar-refractivity contribution in [2.75, 3.05) is 0 Å². The summed E-state index contributed by atoms with van der Waals surface area (Å²) in [6.45, 7) is 2.27. The van der Waals surface area contributed by atoms with E-state index in [1.54, 1.807) is 12.1 Å². The third-order valence-corrected chi connectivity index (χ3v) is 7.69. The van der Waals surface area contributed by atoms with Gasteiger partial charge in [0.15, 0.2) is 0 Å². The van der Waals surface area contributed by atoms with Gasteiger partial charge in [-0.3, -0.25) is 0 Å². The highest BCUT2D eigenvalue weighted by Gasteiger charge is 2.61. The van der Waals surface area contributed by atoms with Gasteiger partial charge in [0, 0.05) is 0 Å². The summed E-state index contributed by atoms with van der Waals surface area (Å²) < 4.78 is 66.9. The van der Waals surface area contributed by atoms with E-state index in [9.17, 15) is 22.0 Å². The molecule has 32 heavy (non-hydrogen) atoms. The molecule has 182 valence electrons. The van der Waals surface area contributed by atoms with Crippen molar-refractivity contribution in [3.63, 3.8) is 0 Å². The van der Waals surface area contributed by atoms with Crippen LogP contribution in [0, 0.1) is 17.8 Å². The summed E-state index contributed by atoms with van der Waals surface area (Å²) >= 11 is 0. The fourth-order valence-electron chi connectivity index (χ4n) is 5.57. The third kappa shape index (κ3) is 7.08. The molecular formula is C26H37F5O. The number of halogens is 5. The number of unbranched alkanes of at least 4 members (excludes halogenated alkanes) is 1. The van der Waals surface area contributed by atoms with Gasteiger partial charge in [-0.1, -0.05) is 76.8 Å². The van der Waals surface area contributed by atoms with Crippen LogP contribution in [-0.4, -0.2) is 12.3 Å². The van der Waals surface area contributed by atoms with Gasteiger partial charge in [0.25, 0.3) is 0 Å². The fourth-order valence-corrected chi connectivity index (χ4v) is 5.57. The molecule has 0 atom stereocenters. The van der Waals surface area contributed by atoms with E-state index >= 15 is 0 Å². The van der Waals surface area contributed by atoms with Gasteiger partial charge in [-0.05, 0) is 67.1 Å². The van der Waals surface area contributed by atoms with Crippen molar-refractivity contribution < 1.29 is 26.7 Å². The average molecular weight is 461 g/mol. The fraction of sp³-hybridized carbons (Fsp3) is 0.769. The minimum atomic E-state index is -5.72. The predicted octanol–water partition coefficient (Wildman–Crippen LogP) is 9.27. The summed E-state index contributed by atoms with van der Waals surface area (Å²) in [5.41, 5.74) is 0.997. The van der Waals surface area contributed by atoms with Crippen molar-refractivity contribution in [3.05, 3.63) is 29.8 Å². The van der Waals surface area contributed by atoms with Crippen molar-refractivity contribution in [1.29, 1.82) is 0 Å². The van der Waals surface area contributed by atoms with E-state index in [1.165, 1.54) is 82.8 Å². The van der Waals surface area contributed by atoms with Gasteiger partial charge >= 0.3 is 12.3 Å². The predicted molar refractivity (Wildman–Crippen MR) is 117 cm³/mol. The number of rotatable bonds is 9. The molecule has 0 bridgehead atoms. The van der Waals surface area contributed by atoms with Crippen LogP contribution in [0.2, 0.25) is 0 Å².